The zero-order valence-electron chi connectivity index (χ0n) is 13.7. The predicted octanol–water partition coefficient (Wildman–Crippen LogP) is 2.72. The SMILES string of the molecule is Cc1ccc(S(=O)(=O)N/N=C/c2cc(=O)oc3cc(C)ccc23)cc1. The summed E-state index contributed by atoms with van der Waals surface area (Å²) in [5.74, 6) is 0. The third-order valence-corrected chi connectivity index (χ3v) is 4.88. The third-order valence-electron chi connectivity index (χ3n) is 3.64. The molecular formula is C18H16N2O4S. The van der Waals surface area contributed by atoms with Crippen LogP contribution in [0.3, 0.4) is 0 Å². The van der Waals surface area contributed by atoms with Gasteiger partial charge in [-0.15, -0.1) is 0 Å². The monoisotopic (exact) mass is 356 g/mol. The minimum atomic E-state index is -3.77. The van der Waals surface area contributed by atoms with E-state index in [1.165, 1.54) is 24.4 Å². The highest BCUT2D eigenvalue weighted by Gasteiger charge is 2.12. The van der Waals surface area contributed by atoms with Crippen LogP contribution in [0.1, 0.15) is 16.7 Å². The summed E-state index contributed by atoms with van der Waals surface area (Å²) in [7, 11) is -3.77. The molecule has 3 rings (SSSR count). The molecule has 0 aliphatic carbocycles. The molecule has 0 atom stereocenters. The maximum atomic E-state index is 12.2. The summed E-state index contributed by atoms with van der Waals surface area (Å²) >= 11 is 0. The zero-order chi connectivity index (χ0) is 18.0. The van der Waals surface area contributed by atoms with Gasteiger partial charge in [-0.25, -0.2) is 9.63 Å². The van der Waals surface area contributed by atoms with Crippen molar-refractivity contribution >= 4 is 27.2 Å². The summed E-state index contributed by atoms with van der Waals surface area (Å²) in [6.07, 6.45) is 1.29. The molecule has 3 aromatic rings. The Kier molecular flexibility index (Phi) is 4.41. The molecule has 1 heterocycles. The van der Waals surface area contributed by atoms with Crippen molar-refractivity contribution in [3.8, 4) is 0 Å². The molecule has 0 bridgehead atoms. The van der Waals surface area contributed by atoms with Gasteiger partial charge in [0.1, 0.15) is 5.58 Å². The van der Waals surface area contributed by atoms with Crippen molar-refractivity contribution in [1.82, 2.24) is 4.83 Å². The standard InChI is InChI=1S/C18H16N2O4S/c1-12-3-6-15(7-4-12)25(22,23)20-19-11-14-10-18(21)24-17-9-13(2)5-8-16(14)17/h3-11,20H,1-2H3/b19-11+. The van der Waals surface area contributed by atoms with E-state index < -0.39 is 15.6 Å². The van der Waals surface area contributed by atoms with Crippen LogP contribution in [0.2, 0.25) is 0 Å². The molecule has 7 heteroatoms. The summed E-state index contributed by atoms with van der Waals surface area (Å²) in [5.41, 5.74) is 2.28. The summed E-state index contributed by atoms with van der Waals surface area (Å²) in [4.78, 5) is 13.9. The fourth-order valence-corrected chi connectivity index (χ4v) is 3.13. The molecule has 2 aromatic carbocycles. The van der Waals surface area contributed by atoms with E-state index in [-0.39, 0.29) is 4.90 Å². The lowest BCUT2D eigenvalue weighted by Crippen LogP contribution is -2.18. The Morgan fingerprint density at radius 2 is 1.68 bits per heavy atom. The predicted molar refractivity (Wildman–Crippen MR) is 96.3 cm³/mol. The lowest BCUT2D eigenvalue weighted by atomic mass is 10.1. The summed E-state index contributed by atoms with van der Waals surface area (Å²) < 4.78 is 29.6. The fraction of sp³-hybridized carbons (Fsp3) is 0.111. The van der Waals surface area contributed by atoms with Crippen LogP contribution in [0.25, 0.3) is 11.0 Å². The minimum Gasteiger partial charge on any atom is -0.423 e. The van der Waals surface area contributed by atoms with E-state index in [9.17, 15) is 13.2 Å². The smallest absolute Gasteiger partial charge is 0.336 e. The number of fused-ring (bicyclic) bond motifs is 1. The summed E-state index contributed by atoms with van der Waals surface area (Å²) in [6, 6.07) is 13.1. The molecule has 0 saturated heterocycles. The Bertz CT molecular complexity index is 1110. The van der Waals surface area contributed by atoms with Crippen LogP contribution in [-0.2, 0) is 10.0 Å². The van der Waals surface area contributed by atoms with E-state index in [0.29, 0.717) is 16.5 Å². The number of hydrogen-bond donors (Lipinski definition) is 1. The van der Waals surface area contributed by atoms with Crippen molar-refractivity contribution in [3.05, 3.63) is 75.6 Å². The van der Waals surface area contributed by atoms with Crippen LogP contribution >= 0.6 is 0 Å². The maximum Gasteiger partial charge on any atom is 0.336 e. The Balaban J connectivity index is 1.91. The maximum absolute atomic E-state index is 12.2. The van der Waals surface area contributed by atoms with Gasteiger partial charge in [0.15, 0.2) is 0 Å². The normalized spacial score (nSPS) is 11.9. The van der Waals surface area contributed by atoms with Crippen LogP contribution in [0.5, 0.6) is 0 Å². The van der Waals surface area contributed by atoms with Crippen LogP contribution in [0, 0.1) is 13.8 Å². The average molecular weight is 356 g/mol. The highest BCUT2D eigenvalue weighted by atomic mass is 32.2. The highest BCUT2D eigenvalue weighted by Crippen LogP contribution is 2.17. The molecule has 1 N–H and O–H groups in total. The van der Waals surface area contributed by atoms with E-state index in [0.717, 1.165) is 11.1 Å². The van der Waals surface area contributed by atoms with E-state index in [4.69, 9.17) is 4.42 Å². The van der Waals surface area contributed by atoms with Crippen molar-refractivity contribution in [1.29, 1.82) is 0 Å². The fourth-order valence-electron chi connectivity index (χ4n) is 2.34. The van der Waals surface area contributed by atoms with Crippen LogP contribution in [0.4, 0.5) is 0 Å². The first kappa shape index (κ1) is 16.9. The van der Waals surface area contributed by atoms with Crippen LogP contribution < -0.4 is 10.5 Å². The molecule has 25 heavy (non-hydrogen) atoms. The lowest BCUT2D eigenvalue weighted by molar-refractivity contribution is 0.560. The number of benzene rings is 2. The van der Waals surface area contributed by atoms with Gasteiger partial charge in [0, 0.05) is 17.0 Å². The van der Waals surface area contributed by atoms with E-state index in [2.05, 4.69) is 9.93 Å². The molecule has 0 aliphatic heterocycles. The molecule has 0 aliphatic rings. The van der Waals surface area contributed by atoms with Crippen LogP contribution in [0.15, 0.2) is 67.7 Å². The van der Waals surface area contributed by atoms with E-state index in [1.807, 2.05) is 19.9 Å². The van der Waals surface area contributed by atoms with Crippen molar-refractivity contribution < 1.29 is 12.8 Å². The van der Waals surface area contributed by atoms with Gasteiger partial charge in [0.05, 0.1) is 11.1 Å². The molecule has 1 aromatic heterocycles. The van der Waals surface area contributed by atoms with Crippen LogP contribution in [-0.4, -0.2) is 14.6 Å². The number of nitrogens with one attached hydrogen (secondary N) is 1. The minimum absolute atomic E-state index is 0.114. The number of nitrogens with zero attached hydrogens (tertiary/aromatic N) is 1. The van der Waals surface area contributed by atoms with Gasteiger partial charge >= 0.3 is 5.63 Å². The second-order valence-electron chi connectivity index (χ2n) is 5.69. The Labute approximate surface area is 144 Å². The molecule has 6 nitrogen and oxygen atoms in total. The molecule has 0 fully saturated rings. The van der Waals surface area contributed by atoms with Crippen molar-refractivity contribution in [2.24, 2.45) is 5.10 Å². The van der Waals surface area contributed by atoms with E-state index in [1.54, 1.807) is 24.3 Å². The largest absolute Gasteiger partial charge is 0.423 e. The van der Waals surface area contributed by atoms with Gasteiger partial charge in [-0.3, -0.25) is 0 Å². The first-order valence-corrected chi connectivity index (χ1v) is 8.99. The molecule has 0 saturated carbocycles. The van der Waals surface area contributed by atoms with Gasteiger partial charge in [0.25, 0.3) is 10.0 Å². The van der Waals surface area contributed by atoms with Gasteiger partial charge in [-0.2, -0.15) is 13.5 Å². The molecular weight excluding hydrogens is 340 g/mol. The highest BCUT2D eigenvalue weighted by molar-refractivity contribution is 7.89. The molecule has 0 radical (unpaired) electrons. The molecule has 0 spiro atoms. The zero-order valence-corrected chi connectivity index (χ0v) is 14.5. The first-order valence-electron chi connectivity index (χ1n) is 7.51. The van der Waals surface area contributed by atoms with Gasteiger partial charge in [-0.1, -0.05) is 29.8 Å². The van der Waals surface area contributed by atoms with E-state index >= 15 is 0 Å². The quantitative estimate of drug-likeness (QED) is 0.442. The number of rotatable bonds is 4. The Morgan fingerprint density at radius 1 is 1.00 bits per heavy atom. The Hall–Kier alpha value is -2.93. The van der Waals surface area contributed by atoms with Gasteiger partial charge in [-0.05, 0) is 37.6 Å². The molecule has 0 amide bonds. The van der Waals surface area contributed by atoms with Gasteiger partial charge < -0.3 is 4.42 Å². The number of hydrazone groups is 1. The molecule has 0 unspecified atom stereocenters. The summed E-state index contributed by atoms with van der Waals surface area (Å²) in [5, 5.41) is 4.45. The summed E-state index contributed by atoms with van der Waals surface area (Å²) in [6.45, 7) is 3.76. The topological polar surface area (TPSA) is 88.7 Å². The second-order valence-corrected chi connectivity index (χ2v) is 7.35. The lowest BCUT2D eigenvalue weighted by Gasteiger charge is -2.04. The number of sulfonamides is 1. The number of hydrogen-bond acceptors (Lipinski definition) is 5. The first-order chi connectivity index (χ1) is 11.8. The van der Waals surface area contributed by atoms with Crippen molar-refractivity contribution in [3.63, 3.8) is 0 Å². The second kappa shape index (κ2) is 6.52. The third kappa shape index (κ3) is 3.77. The average Bonchev–Trinajstić information content (AvgIpc) is 2.54. The van der Waals surface area contributed by atoms with Crippen molar-refractivity contribution in [2.75, 3.05) is 0 Å². The Morgan fingerprint density at radius 3 is 2.40 bits per heavy atom. The number of aryl methyl sites for hydroxylation is 2. The van der Waals surface area contributed by atoms with Gasteiger partial charge in [0.2, 0.25) is 0 Å². The van der Waals surface area contributed by atoms with Crippen molar-refractivity contribution in [2.45, 2.75) is 18.7 Å². The molecule has 128 valence electrons.